The highest BCUT2D eigenvalue weighted by Gasteiger charge is 2.09. The highest BCUT2D eigenvalue weighted by Crippen LogP contribution is 2.28. The number of fused-ring (bicyclic) bond motifs is 2. The van der Waals surface area contributed by atoms with E-state index in [2.05, 4.69) is 9.97 Å². The minimum atomic E-state index is -0.0401. The zero-order valence-corrected chi connectivity index (χ0v) is 12.3. The van der Waals surface area contributed by atoms with Gasteiger partial charge in [0.1, 0.15) is 5.82 Å². The summed E-state index contributed by atoms with van der Waals surface area (Å²) >= 11 is 7.47. The topological polar surface area (TPSA) is 45.8 Å². The number of benzene rings is 2. The van der Waals surface area contributed by atoms with Gasteiger partial charge in [-0.15, -0.1) is 11.3 Å². The third-order valence-corrected chi connectivity index (χ3v) is 4.65. The lowest BCUT2D eigenvalue weighted by Crippen LogP contribution is -1.99. The van der Waals surface area contributed by atoms with Crippen LogP contribution < -0.4 is 5.43 Å². The Labute approximate surface area is 128 Å². The van der Waals surface area contributed by atoms with Crippen molar-refractivity contribution in [2.24, 2.45) is 0 Å². The number of nitrogens with one attached hydrogen (secondary N) is 1. The van der Waals surface area contributed by atoms with E-state index in [1.807, 2.05) is 30.3 Å². The minimum Gasteiger partial charge on any atom is -0.337 e. The van der Waals surface area contributed by atoms with E-state index in [-0.39, 0.29) is 5.43 Å². The van der Waals surface area contributed by atoms with Crippen LogP contribution >= 0.6 is 22.9 Å². The quantitative estimate of drug-likeness (QED) is 0.564. The monoisotopic (exact) mass is 312 g/mol. The molecule has 1 N–H and O–H groups in total. The smallest absolute Gasteiger partial charge is 0.188 e. The molecule has 102 valence electrons. The predicted octanol–water partition coefficient (Wildman–Crippen LogP) is 4.46. The molecule has 21 heavy (non-hydrogen) atoms. The number of aromatic amines is 1. The summed E-state index contributed by atoms with van der Waals surface area (Å²) in [4.78, 5) is 20.9. The lowest BCUT2D eigenvalue weighted by Gasteiger charge is -2.00. The number of para-hydroxylation sites is 2. The Morgan fingerprint density at radius 2 is 1.95 bits per heavy atom. The highest BCUT2D eigenvalue weighted by atomic mass is 35.5. The van der Waals surface area contributed by atoms with Gasteiger partial charge in [-0.05, 0) is 30.3 Å². The number of halogens is 1. The first-order valence-corrected chi connectivity index (χ1v) is 7.59. The van der Waals surface area contributed by atoms with Crippen molar-refractivity contribution in [2.75, 3.05) is 0 Å². The lowest BCUT2D eigenvalue weighted by atomic mass is 10.2. The molecule has 0 aliphatic rings. The summed E-state index contributed by atoms with van der Waals surface area (Å²) in [5, 5.41) is 1.22. The van der Waals surface area contributed by atoms with Crippen LogP contribution in [0.1, 0.15) is 0 Å². The fraction of sp³-hybridized carbons (Fsp3) is 0. The Morgan fingerprint density at radius 3 is 2.81 bits per heavy atom. The maximum atomic E-state index is 12.2. The third kappa shape index (κ3) is 2.13. The minimum absolute atomic E-state index is 0.0401. The van der Waals surface area contributed by atoms with E-state index < -0.39 is 0 Å². The van der Waals surface area contributed by atoms with E-state index in [1.54, 1.807) is 18.2 Å². The Hall–Kier alpha value is -2.17. The van der Waals surface area contributed by atoms with Gasteiger partial charge in [0.25, 0.3) is 0 Å². The molecule has 0 atom stereocenters. The molecule has 2 aromatic heterocycles. The molecule has 0 saturated carbocycles. The molecule has 5 heteroatoms. The van der Waals surface area contributed by atoms with E-state index in [9.17, 15) is 4.79 Å². The molecule has 0 radical (unpaired) electrons. The van der Waals surface area contributed by atoms with Crippen LogP contribution in [0.15, 0.2) is 53.3 Å². The van der Waals surface area contributed by atoms with E-state index in [4.69, 9.17) is 11.6 Å². The molecule has 2 heterocycles. The zero-order chi connectivity index (χ0) is 14.4. The van der Waals surface area contributed by atoms with Crippen molar-refractivity contribution < 1.29 is 0 Å². The van der Waals surface area contributed by atoms with Gasteiger partial charge in [0.2, 0.25) is 0 Å². The van der Waals surface area contributed by atoms with Crippen molar-refractivity contribution in [2.45, 2.75) is 0 Å². The van der Waals surface area contributed by atoms with Crippen LogP contribution in [0.4, 0.5) is 0 Å². The highest BCUT2D eigenvalue weighted by molar-refractivity contribution is 7.21. The standard InChI is InChI=1S/C16H9ClN2OS/c17-9-5-6-14-10(7-9)13(20)8-15(21-14)16-18-11-3-1-2-4-12(11)19-16/h1-8H,(H,18,19). The van der Waals surface area contributed by atoms with Gasteiger partial charge in [-0.3, -0.25) is 4.79 Å². The van der Waals surface area contributed by atoms with Crippen molar-refractivity contribution in [3.63, 3.8) is 0 Å². The van der Waals surface area contributed by atoms with E-state index in [1.165, 1.54) is 11.3 Å². The summed E-state index contributed by atoms with van der Waals surface area (Å²) in [7, 11) is 0. The van der Waals surface area contributed by atoms with Crippen LogP contribution in [-0.2, 0) is 0 Å². The SMILES string of the molecule is O=c1cc(-c2nc3ccccc3[nH]2)sc2ccc(Cl)cc12. The molecule has 0 unspecified atom stereocenters. The van der Waals surface area contributed by atoms with Gasteiger partial charge in [0, 0.05) is 21.2 Å². The van der Waals surface area contributed by atoms with Crippen LogP contribution in [0.2, 0.25) is 5.02 Å². The van der Waals surface area contributed by atoms with Crippen molar-refractivity contribution in [3.8, 4) is 10.7 Å². The second kappa shape index (κ2) is 4.69. The average molecular weight is 313 g/mol. The zero-order valence-electron chi connectivity index (χ0n) is 10.8. The first-order chi connectivity index (χ1) is 10.2. The fourth-order valence-electron chi connectivity index (χ4n) is 2.31. The van der Waals surface area contributed by atoms with Crippen LogP contribution in [0.25, 0.3) is 31.8 Å². The van der Waals surface area contributed by atoms with Gasteiger partial charge in [-0.25, -0.2) is 4.98 Å². The molecule has 0 spiro atoms. The molecule has 0 aliphatic carbocycles. The second-order valence-electron chi connectivity index (χ2n) is 4.72. The van der Waals surface area contributed by atoms with Gasteiger partial charge in [0.05, 0.1) is 15.9 Å². The largest absolute Gasteiger partial charge is 0.337 e. The van der Waals surface area contributed by atoms with Gasteiger partial charge in [0.15, 0.2) is 5.43 Å². The molecular weight excluding hydrogens is 304 g/mol. The molecular formula is C16H9ClN2OS. The second-order valence-corrected chi connectivity index (χ2v) is 6.24. The molecule has 4 aromatic rings. The molecule has 0 fully saturated rings. The van der Waals surface area contributed by atoms with Crippen molar-refractivity contribution >= 4 is 44.1 Å². The maximum Gasteiger partial charge on any atom is 0.188 e. The maximum absolute atomic E-state index is 12.2. The molecule has 3 nitrogen and oxygen atoms in total. The summed E-state index contributed by atoms with van der Waals surface area (Å²) in [6.07, 6.45) is 0. The lowest BCUT2D eigenvalue weighted by molar-refractivity contribution is 1.35. The van der Waals surface area contributed by atoms with Crippen LogP contribution in [0, 0.1) is 0 Å². The summed E-state index contributed by atoms with van der Waals surface area (Å²) in [6.45, 7) is 0. The van der Waals surface area contributed by atoms with Gasteiger partial charge in [-0.1, -0.05) is 23.7 Å². The summed E-state index contributed by atoms with van der Waals surface area (Å²) in [5.41, 5.74) is 1.81. The van der Waals surface area contributed by atoms with E-state index in [0.717, 1.165) is 26.4 Å². The Balaban J connectivity index is 1.98. The molecule has 0 bridgehead atoms. The fourth-order valence-corrected chi connectivity index (χ4v) is 3.49. The first kappa shape index (κ1) is 12.6. The van der Waals surface area contributed by atoms with Crippen molar-refractivity contribution in [3.05, 3.63) is 63.8 Å². The first-order valence-electron chi connectivity index (χ1n) is 6.39. The average Bonchev–Trinajstić information content (AvgIpc) is 2.92. The van der Waals surface area contributed by atoms with Crippen molar-refractivity contribution in [1.29, 1.82) is 0 Å². The number of rotatable bonds is 1. The number of aromatic nitrogens is 2. The molecule has 0 amide bonds. The number of H-pyrrole nitrogens is 1. The predicted molar refractivity (Wildman–Crippen MR) is 88.2 cm³/mol. The number of hydrogen-bond donors (Lipinski definition) is 1. The van der Waals surface area contributed by atoms with Crippen LogP contribution in [0.5, 0.6) is 0 Å². The van der Waals surface area contributed by atoms with E-state index >= 15 is 0 Å². The number of imidazole rings is 1. The Kier molecular flexibility index (Phi) is 2.80. The Bertz CT molecular complexity index is 1000. The van der Waals surface area contributed by atoms with Gasteiger partial charge >= 0.3 is 0 Å². The molecule has 2 aromatic carbocycles. The molecule has 0 aliphatic heterocycles. The van der Waals surface area contributed by atoms with Gasteiger partial charge in [-0.2, -0.15) is 0 Å². The molecule has 0 saturated heterocycles. The normalized spacial score (nSPS) is 11.3. The summed E-state index contributed by atoms with van der Waals surface area (Å²) in [5.74, 6) is 0.718. The summed E-state index contributed by atoms with van der Waals surface area (Å²) < 4.78 is 0.905. The van der Waals surface area contributed by atoms with Crippen LogP contribution in [0.3, 0.4) is 0 Å². The van der Waals surface area contributed by atoms with Crippen molar-refractivity contribution in [1.82, 2.24) is 9.97 Å². The summed E-state index contributed by atoms with van der Waals surface area (Å²) in [6, 6.07) is 14.8. The van der Waals surface area contributed by atoms with E-state index in [0.29, 0.717) is 10.4 Å². The number of nitrogens with zero attached hydrogens (tertiary/aromatic N) is 1. The Morgan fingerprint density at radius 1 is 1.10 bits per heavy atom. The molecule has 4 rings (SSSR count). The van der Waals surface area contributed by atoms with Crippen LogP contribution in [-0.4, -0.2) is 9.97 Å². The number of hydrogen-bond acceptors (Lipinski definition) is 3. The van der Waals surface area contributed by atoms with Gasteiger partial charge < -0.3 is 4.98 Å². The third-order valence-electron chi connectivity index (χ3n) is 3.31.